The molecule has 0 aliphatic rings. The Morgan fingerprint density at radius 1 is 0.155 bits per heavy atom. The van der Waals surface area contributed by atoms with Crippen molar-refractivity contribution in [1.29, 1.82) is 0 Å². The van der Waals surface area contributed by atoms with E-state index in [9.17, 15) is 108 Å². The molecule has 0 atom stereocenters. The van der Waals surface area contributed by atoms with E-state index < -0.39 is 175 Å². The van der Waals surface area contributed by atoms with E-state index in [-0.39, 0.29) is 33.4 Å². The van der Waals surface area contributed by atoms with Crippen molar-refractivity contribution >= 4 is 35.8 Å². The highest BCUT2D eigenvalue weighted by Gasteiger charge is 2.23. The second-order valence-electron chi connectivity index (χ2n) is 29.5. The maximum absolute atomic E-state index is 13.3. The predicted octanol–water partition coefficient (Wildman–Crippen LogP) is 26.1. The van der Waals surface area contributed by atoms with Gasteiger partial charge in [-0.1, -0.05) is 131 Å². The first-order valence-corrected chi connectivity index (χ1v) is 40.6. The molecule has 12 nitrogen and oxygen atoms in total. The van der Waals surface area contributed by atoms with Gasteiger partial charge in [0.25, 0.3) is 0 Å². The number of halogens is 18. The number of carbonyl (C=O) groups excluding carboxylic acids is 6. The fourth-order valence-corrected chi connectivity index (χ4v) is 13.0. The second kappa shape index (κ2) is 47.7. The molecule has 12 aromatic carbocycles. The van der Waals surface area contributed by atoms with E-state index in [0.717, 1.165) is 168 Å². The van der Waals surface area contributed by atoms with Crippen molar-refractivity contribution in [2.75, 3.05) is 0 Å². The van der Waals surface area contributed by atoms with Crippen molar-refractivity contribution in [2.24, 2.45) is 0 Å². The van der Waals surface area contributed by atoms with E-state index in [1.54, 1.807) is 121 Å². The SMILES string of the molecule is O=C(Oc1cc(F)c(F)c(F)c1)c1ccc(CCCCCCCCCc2ccc(C(=O)Oc3cc(F)c(F)c(F)c3)cc2)cc1.O=C(Oc1cc(F)c(F)c(F)c1)c1ccc(CCCCCCCc2ccc(C(=O)Oc3cc(F)c(F)c(F)c3)cc2)cc1.O=C(Oc1cc(F)c(F)c(F)c1)c1ccc(CCCCCc2ccc(C(=O)Oc3cc(F)c(F)c(F)c3)cc2)cc1. The van der Waals surface area contributed by atoms with E-state index in [1.165, 1.54) is 24.3 Å². The van der Waals surface area contributed by atoms with E-state index in [2.05, 4.69) is 0 Å². The van der Waals surface area contributed by atoms with Crippen LogP contribution in [0, 0.1) is 105 Å². The number of carbonyl (C=O) groups is 6. The van der Waals surface area contributed by atoms with Crippen molar-refractivity contribution < 1.29 is 136 Å². The maximum Gasteiger partial charge on any atom is 0.343 e. The van der Waals surface area contributed by atoms with Crippen LogP contribution < -0.4 is 28.4 Å². The number of rotatable bonds is 36. The molecule has 0 saturated carbocycles. The molecule has 0 unspecified atom stereocenters. The molecule has 0 spiro atoms. The van der Waals surface area contributed by atoms with Crippen molar-refractivity contribution in [3.8, 4) is 34.5 Å². The zero-order valence-corrected chi connectivity index (χ0v) is 68.3. The van der Waals surface area contributed by atoms with Crippen LogP contribution in [0.5, 0.6) is 34.5 Å². The van der Waals surface area contributed by atoms with Gasteiger partial charge < -0.3 is 28.4 Å². The molecule has 129 heavy (non-hydrogen) atoms. The maximum atomic E-state index is 13.3. The van der Waals surface area contributed by atoms with Gasteiger partial charge in [0.05, 0.1) is 33.4 Å². The van der Waals surface area contributed by atoms with Crippen LogP contribution in [0.3, 0.4) is 0 Å². The van der Waals surface area contributed by atoms with Gasteiger partial charge in [0.15, 0.2) is 105 Å². The predicted molar refractivity (Wildman–Crippen MR) is 438 cm³/mol. The lowest BCUT2D eigenvalue weighted by molar-refractivity contribution is 0.0723. The van der Waals surface area contributed by atoms with Crippen LogP contribution in [0.1, 0.15) is 192 Å². The van der Waals surface area contributed by atoms with Crippen molar-refractivity contribution in [2.45, 2.75) is 135 Å². The highest BCUT2D eigenvalue weighted by molar-refractivity contribution is 5.94. The molecule has 12 aromatic rings. The second-order valence-corrected chi connectivity index (χ2v) is 29.5. The quantitative estimate of drug-likeness (QED) is 0.0120. The van der Waals surface area contributed by atoms with Gasteiger partial charge in [0.2, 0.25) is 0 Å². The van der Waals surface area contributed by atoms with Gasteiger partial charge in [-0.2, -0.15) is 0 Å². The summed E-state index contributed by atoms with van der Waals surface area (Å²) >= 11 is 0. The molecule has 30 heteroatoms. The minimum absolute atomic E-state index is 0.170. The smallest absolute Gasteiger partial charge is 0.343 e. The number of ether oxygens (including phenoxy) is 6. The van der Waals surface area contributed by atoms with E-state index >= 15 is 0 Å². The standard InChI is InChI=1S/C35H30F6O4.C33H26F6O4.C31H22F6O4/c36-28-18-26(19-29(37)32(28)40)44-34(42)24-14-10-22(11-15-24)8-6-4-2-1-3-5-7-9-23-12-16-25(17-13-23)35(43)45-27-20-30(38)33(41)31(39)21-27;34-26-16-24(17-27(35)30(26)38)42-32(40)22-12-8-20(9-13-22)6-4-2-1-3-5-7-21-10-14-23(15-11-21)33(41)43-25-18-28(36)31(39)29(37)19-25;32-24-14-22(15-25(33)28(24)36)40-30(38)20-10-6-18(7-11-20)4-2-1-3-5-19-8-12-21(13-9-19)31(39)41-23-16-26(34)29(37)27(35)17-23/h10-21H,1-9H2;8-19H,1-7H2;6-17H,1-5H2. The molecule has 0 amide bonds. The van der Waals surface area contributed by atoms with Gasteiger partial charge >= 0.3 is 35.8 Å². The molecule has 0 radical (unpaired) electrons. The number of unbranched alkanes of at least 4 members (excludes halogenated alkanes) is 12. The fraction of sp³-hybridized carbons (Fsp3) is 0.212. The van der Waals surface area contributed by atoms with Crippen molar-refractivity contribution in [3.63, 3.8) is 0 Å². The summed E-state index contributed by atoms with van der Waals surface area (Å²) in [5, 5.41) is 0. The summed E-state index contributed by atoms with van der Waals surface area (Å²) in [6.07, 6.45) is 19.7. The van der Waals surface area contributed by atoms with E-state index in [0.29, 0.717) is 72.8 Å². The third-order valence-electron chi connectivity index (χ3n) is 19.9. The summed E-state index contributed by atoms with van der Waals surface area (Å²) in [4.78, 5) is 73.4. The monoisotopic (exact) mass is 1800 g/mol. The summed E-state index contributed by atoms with van der Waals surface area (Å²) < 4.78 is 268. The molecule has 0 heterocycles. The Bertz CT molecular complexity index is 5410. The first kappa shape index (κ1) is 97.4. The lowest BCUT2D eigenvalue weighted by Crippen LogP contribution is -2.09. The van der Waals surface area contributed by atoms with Crippen LogP contribution in [0.25, 0.3) is 0 Å². The number of hydrogen-bond acceptors (Lipinski definition) is 12. The fourth-order valence-electron chi connectivity index (χ4n) is 13.0. The van der Waals surface area contributed by atoms with Gasteiger partial charge in [0.1, 0.15) is 34.5 Å². The molecule has 0 saturated heterocycles. The van der Waals surface area contributed by atoms with Gasteiger partial charge in [-0.25, -0.2) is 108 Å². The topological polar surface area (TPSA) is 158 Å². The zero-order valence-electron chi connectivity index (χ0n) is 68.3. The van der Waals surface area contributed by atoms with E-state index in [4.69, 9.17) is 28.4 Å². The average molecular weight is 1800 g/mol. The average Bonchev–Trinajstić information content (AvgIpc) is 0.855. The Balaban J connectivity index is 0.000000202. The van der Waals surface area contributed by atoms with E-state index in [1.807, 2.05) is 0 Å². The first-order valence-electron chi connectivity index (χ1n) is 40.6. The molecule has 0 aliphatic carbocycles. The van der Waals surface area contributed by atoms with Crippen LogP contribution in [-0.4, -0.2) is 35.8 Å². The number of benzene rings is 12. The molecule has 0 bridgehead atoms. The summed E-state index contributed by atoms with van der Waals surface area (Å²) in [6.45, 7) is 0. The largest absolute Gasteiger partial charge is 0.423 e. The van der Waals surface area contributed by atoms with Crippen LogP contribution in [0.2, 0.25) is 0 Å². The van der Waals surface area contributed by atoms with Gasteiger partial charge in [-0.05, 0) is 183 Å². The molecule has 0 fully saturated rings. The number of esters is 6. The molecule has 12 rings (SSSR count). The Morgan fingerprint density at radius 2 is 0.256 bits per heavy atom. The van der Waals surface area contributed by atoms with Crippen LogP contribution in [0.15, 0.2) is 218 Å². The van der Waals surface area contributed by atoms with Crippen LogP contribution in [-0.2, 0) is 38.5 Å². The third kappa shape index (κ3) is 29.6. The summed E-state index contributed by atoms with van der Waals surface area (Å²) in [7, 11) is 0. The van der Waals surface area contributed by atoms with Gasteiger partial charge in [0, 0.05) is 72.8 Å². The third-order valence-corrected chi connectivity index (χ3v) is 19.9. The highest BCUT2D eigenvalue weighted by atomic mass is 19.2. The Kier molecular flexibility index (Phi) is 36.0. The van der Waals surface area contributed by atoms with Gasteiger partial charge in [-0.3, -0.25) is 0 Å². The highest BCUT2D eigenvalue weighted by Crippen LogP contribution is 2.30. The Morgan fingerprint density at radius 3 is 0.372 bits per heavy atom. The first-order chi connectivity index (χ1) is 61.8. The molecular formula is C99H78F18O12. The summed E-state index contributed by atoms with van der Waals surface area (Å²) in [5.41, 5.74) is 7.22. The lowest BCUT2D eigenvalue weighted by Gasteiger charge is -2.07. The van der Waals surface area contributed by atoms with Crippen LogP contribution >= 0.6 is 0 Å². The number of aryl methyl sites for hydroxylation is 6. The molecule has 0 aromatic heterocycles. The molecule has 672 valence electrons. The van der Waals surface area contributed by atoms with Gasteiger partial charge in [-0.15, -0.1) is 0 Å². The minimum Gasteiger partial charge on any atom is -0.423 e. The molecule has 0 N–H and O–H groups in total. The minimum atomic E-state index is -1.65. The summed E-state index contributed by atoms with van der Waals surface area (Å²) in [6, 6.07) is 47.2. The molecular weight excluding hydrogens is 1720 g/mol. The normalized spacial score (nSPS) is 10.9. The van der Waals surface area contributed by atoms with Crippen molar-refractivity contribution in [3.05, 3.63) is 390 Å². The molecule has 0 aliphatic heterocycles. The number of hydrogen-bond donors (Lipinski definition) is 0. The Labute approximate surface area is 728 Å². The van der Waals surface area contributed by atoms with Crippen molar-refractivity contribution in [1.82, 2.24) is 0 Å². The van der Waals surface area contributed by atoms with Crippen LogP contribution in [0.4, 0.5) is 79.0 Å². The Hall–Kier alpha value is -13.8. The summed E-state index contributed by atoms with van der Waals surface area (Å²) in [5.74, 6) is -34.7. The zero-order chi connectivity index (χ0) is 92.8. The lowest BCUT2D eigenvalue weighted by atomic mass is 10.0.